The number of nitrogens with one attached hydrogen (secondary N) is 1. The number of hydrogen-bond acceptors (Lipinski definition) is 2. The summed E-state index contributed by atoms with van der Waals surface area (Å²) in [5.41, 5.74) is 0. The van der Waals surface area contributed by atoms with Crippen LogP contribution >= 0.6 is 7.75 Å². The smallest absolute Gasteiger partial charge is 0.356 e. The van der Waals surface area contributed by atoms with Crippen molar-refractivity contribution in [3.63, 3.8) is 0 Å². The maximum atomic E-state index is 12.1. The van der Waals surface area contributed by atoms with Crippen molar-refractivity contribution in [3.05, 3.63) is 0 Å². The lowest BCUT2D eigenvalue weighted by Gasteiger charge is -2.21. The lowest BCUT2D eigenvalue weighted by atomic mass is 10.0. The molecule has 8 nitrogen and oxygen atoms in total. The van der Waals surface area contributed by atoms with Crippen LogP contribution in [0.3, 0.4) is 0 Å². The van der Waals surface area contributed by atoms with Crippen molar-refractivity contribution in [3.8, 4) is 0 Å². The van der Waals surface area contributed by atoms with E-state index >= 15 is 0 Å². The molecule has 0 aliphatic carbocycles. The maximum absolute atomic E-state index is 12.1. The first-order valence-electron chi connectivity index (χ1n) is 14.1. The van der Waals surface area contributed by atoms with E-state index in [4.69, 9.17) is 0 Å². The molecule has 0 aromatic rings. The Balaban J connectivity index is 1.95. The molecule has 206 valence electrons. The highest BCUT2D eigenvalue weighted by Gasteiger charge is 2.31. The molecule has 0 spiro atoms. The maximum Gasteiger partial charge on any atom is 0.451 e. The van der Waals surface area contributed by atoms with Gasteiger partial charge in [-0.2, -0.15) is 0 Å². The summed E-state index contributed by atoms with van der Waals surface area (Å²) < 4.78 is 14.9. The van der Waals surface area contributed by atoms with Gasteiger partial charge in [-0.1, -0.05) is 96.8 Å². The zero-order valence-corrected chi connectivity index (χ0v) is 23.6. The number of guanidine groups is 1. The lowest BCUT2D eigenvalue weighted by molar-refractivity contribution is -0.121. The molecule has 1 fully saturated rings. The summed E-state index contributed by atoms with van der Waals surface area (Å²) in [6.45, 7) is 6.10. The fourth-order valence-corrected chi connectivity index (χ4v) is 5.13. The molecule has 0 aromatic heterocycles. The number of rotatable bonds is 21. The second-order valence-corrected chi connectivity index (χ2v) is 11.4. The molecular weight excluding hydrogens is 463 g/mol. The van der Waals surface area contributed by atoms with Crippen molar-refractivity contribution in [1.29, 1.82) is 0 Å². The van der Waals surface area contributed by atoms with Crippen LogP contribution in [0.4, 0.5) is 0 Å². The van der Waals surface area contributed by atoms with Crippen LogP contribution < -0.4 is 5.32 Å². The quantitative estimate of drug-likeness (QED) is 0.131. The minimum atomic E-state index is -4.47. The molecule has 0 bridgehead atoms. The van der Waals surface area contributed by atoms with Crippen LogP contribution in [0.2, 0.25) is 0 Å². The third-order valence-electron chi connectivity index (χ3n) is 6.90. The van der Waals surface area contributed by atoms with E-state index in [0.717, 1.165) is 12.8 Å². The van der Waals surface area contributed by atoms with Crippen molar-refractivity contribution >= 4 is 19.6 Å². The SMILES string of the molecule is CCCCCCCCCCCCCCCCCC(=O)NCCCN1CC(C)N(C)C1=NP(=O)(O)O. The highest BCUT2D eigenvalue weighted by molar-refractivity contribution is 7.50. The Labute approximate surface area is 214 Å². The van der Waals surface area contributed by atoms with Gasteiger partial charge < -0.3 is 24.9 Å². The molecule has 3 N–H and O–H groups in total. The van der Waals surface area contributed by atoms with Crippen molar-refractivity contribution in [1.82, 2.24) is 15.1 Å². The molecule has 1 aliphatic heterocycles. The lowest BCUT2D eigenvalue weighted by Crippen LogP contribution is -2.34. The van der Waals surface area contributed by atoms with Crippen molar-refractivity contribution in [2.24, 2.45) is 4.76 Å². The Morgan fingerprint density at radius 1 is 0.914 bits per heavy atom. The van der Waals surface area contributed by atoms with E-state index in [1.165, 1.54) is 83.5 Å². The molecule has 1 aliphatic rings. The van der Waals surface area contributed by atoms with Gasteiger partial charge in [-0.15, -0.1) is 4.76 Å². The van der Waals surface area contributed by atoms with Gasteiger partial charge in [0.1, 0.15) is 0 Å². The van der Waals surface area contributed by atoms with Gasteiger partial charge >= 0.3 is 7.75 Å². The molecule has 1 saturated heterocycles. The van der Waals surface area contributed by atoms with E-state index in [-0.39, 0.29) is 11.9 Å². The van der Waals surface area contributed by atoms with Gasteiger partial charge in [0, 0.05) is 39.1 Å². The topological polar surface area (TPSA) is 105 Å². The fraction of sp³-hybridized carbons (Fsp3) is 0.923. The van der Waals surface area contributed by atoms with Crippen LogP contribution in [-0.4, -0.2) is 64.2 Å². The van der Waals surface area contributed by atoms with Crippen LogP contribution in [0, 0.1) is 0 Å². The van der Waals surface area contributed by atoms with Crippen molar-refractivity contribution in [2.75, 3.05) is 26.7 Å². The number of amides is 1. The van der Waals surface area contributed by atoms with Gasteiger partial charge in [-0.3, -0.25) is 4.79 Å². The molecule has 9 heteroatoms. The van der Waals surface area contributed by atoms with Gasteiger partial charge in [-0.25, -0.2) is 4.57 Å². The standard InChI is InChI=1S/C26H53N4O4P/c1-4-5-6-7-8-9-10-11-12-13-14-15-16-17-18-20-25(31)27-21-19-22-30-23-24(2)29(3)26(30)28-35(32,33)34/h24H,4-23H2,1-3H3,(H,27,31)(H2,32,33,34). The Kier molecular flexibility index (Phi) is 17.4. The summed E-state index contributed by atoms with van der Waals surface area (Å²) in [5, 5.41) is 2.97. The molecule has 0 aromatic carbocycles. The van der Waals surface area contributed by atoms with Gasteiger partial charge in [0.2, 0.25) is 11.9 Å². The van der Waals surface area contributed by atoms with E-state index in [2.05, 4.69) is 17.0 Å². The zero-order chi connectivity index (χ0) is 25.9. The number of unbranched alkanes of at least 4 members (excludes halogenated alkanes) is 14. The average molecular weight is 517 g/mol. The number of hydrogen-bond donors (Lipinski definition) is 3. The predicted octanol–water partition coefficient (Wildman–Crippen LogP) is 5.84. The largest absolute Gasteiger partial charge is 0.451 e. The Morgan fingerprint density at radius 3 is 1.89 bits per heavy atom. The predicted molar refractivity (Wildman–Crippen MR) is 145 cm³/mol. The summed E-state index contributed by atoms with van der Waals surface area (Å²) in [6, 6.07) is 0.139. The first-order valence-corrected chi connectivity index (χ1v) is 15.7. The van der Waals surface area contributed by atoms with Crippen LogP contribution in [0.25, 0.3) is 0 Å². The van der Waals surface area contributed by atoms with Crippen LogP contribution in [0.5, 0.6) is 0 Å². The van der Waals surface area contributed by atoms with Gasteiger partial charge in [-0.05, 0) is 19.8 Å². The second-order valence-electron chi connectivity index (χ2n) is 10.2. The number of nitrogens with zero attached hydrogens (tertiary/aromatic N) is 3. The van der Waals surface area contributed by atoms with Gasteiger partial charge in [0.15, 0.2) is 0 Å². The van der Waals surface area contributed by atoms with E-state index in [9.17, 15) is 19.1 Å². The summed E-state index contributed by atoms with van der Waals surface area (Å²) in [7, 11) is -2.68. The first-order chi connectivity index (χ1) is 16.7. The van der Waals surface area contributed by atoms with Crippen molar-refractivity contribution in [2.45, 2.75) is 129 Å². The van der Waals surface area contributed by atoms with Crippen LogP contribution in [0.15, 0.2) is 4.76 Å². The normalized spacial score (nSPS) is 17.5. The number of likely N-dealkylation sites (N-methyl/N-ethyl adjacent to an activating group) is 1. The molecule has 0 saturated carbocycles. The summed E-state index contributed by atoms with van der Waals surface area (Å²) in [5.74, 6) is 0.422. The summed E-state index contributed by atoms with van der Waals surface area (Å²) in [6.07, 6.45) is 21.0. The molecule has 35 heavy (non-hydrogen) atoms. The average Bonchev–Trinajstić information content (AvgIpc) is 3.05. The third kappa shape index (κ3) is 16.3. The van der Waals surface area contributed by atoms with Crippen LogP contribution in [0.1, 0.15) is 123 Å². The molecule has 1 atom stereocenters. The monoisotopic (exact) mass is 516 g/mol. The molecule has 1 unspecified atom stereocenters. The minimum Gasteiger partial charge on any atom is -0.356 e. The third-order valence-corrected chi connectivity index (χ3v) is 7.34. The molecule has 1 heterocycles. The molecule has 1 rings (SSSR count). The van der Waals surface area contributed by atoms with Gasteiger partial charge in [0.25, 0.3) is 0 Å². The number of carbonyl (C=O) groups excluding carboxylic acids is 1. The summed E-state index contributed by atoms with van der Waals surface area (Å²) >= 11 is 0. The first kappa shape index (κ1) is 31.9. The Hall–Kier alpha value is -1.11. The highest BCUT2D eigenvalue weighted by atomic mass is 31.2. The van der Waals surface area contributed by atoms with E-state index in [1.54, 1.807) is 11.9 Å². The van der Waals surface area contributed by atoms with E-state index in [0.29, 0.717) is 38.4 Å². The fourth-order valence-electron chi connectivity index (χ4n) is 4.63. The van der Waals surface area contributed by atoms with Gasteiger partial charge in [0.05, 0.1) is 0 Å². The molecule has 0 radical (unpaired) electrons. The minimum absolute atomic E-state index is 0.0933. The molecular formula is C26H53N4O4P. The van der Waals surface area contributed by atoms with Crippen molar-refractivity contribution < 1.29 is 19.1 Å². The Morgan fingerprint density at radius 2 is 1.40 bits per heavy atom. The van der Waals surface area contributed by atoms with E-state index in [1.807, 2.05) is 11.8 Å². The highest BCUT2D eigenvalue weighted by Crippen LogP contribution is 2.37. The summed E-state index contributed by atoms with van der Waals surface area (Å²) in [4.78, 5) is 34.1. The number of carbonyl (C=O) groups is 1. The Bertz CT molecular complexity index is 641. The van der Waals surface area contributed by atoms with Crippen LogP contribution in [-0.2, 0) is 9.36 Å². The van der Waals surface area contributed by atoms with E-state index < -0.39 is 7.75 Å². The second kappa shape index (κ2) is 19.1. The zero-order valence-electron chi connectivity index (χ0n) is 22.7. The molecule has 1 amide bonds.